The van der Waals surface area contributed by atoms with E-state index >= 15 is 0 Å². The fourth-order valence-corrected chi connectivity index (χ4v) is 7.06. The van der Waals surface area contributed by atoms with E-state index in [1.54, 1.807) is 0 Å². The zero-order valence-electron chi connectivity index (χ0n) is 42.2. The van der Waals surface area contributed by atoms with Crippen molar-refractivity contribution in [1.82, 2.24) is 0 Å². The third kappa shape index (κ3) is 51.2. The van der Waals surface area contributed by atoms with Crippen LogP contribution in [0.2, 0.25) is 0 Å². The molecule has 370 valence electrons. The van der Waals surface area contributed by atoms with Crippen molar-refractivity contribution >= 4 is 17.9 Å². The predicted molar refractivity (Wildman–Crippen MR) is 279 cm³/mol. The van der Waals surface area contributed by atoms with Crippen LogP contribution in [0.25, 0.3) is 0 Å². The highest BCUT2D eigenvalue weighted by Gasteiger charge is 2.19. The molecule has 0 aromatic heterocycles. The van der Waals surface area contributed by atoms with Gasteiger partial charge in [0.05, 0.1) is 0 Å². The van der Waals surface area contributed by atoms with E-state index in [4.69, 9.17) is 14.2 Å². The number of carbonyl (C=O) groups is 3. The first kappa shape index (κ1) is 61.3. The highest BCUT2D eigenvalue weighted by Crippen LogP contribution is 2.14. The summed E-state index contributed by atoms with van der Waals surface area (Å²) in [4.78, 5) is 38.0. The van der Waals surface area contributed by atoms with Gasteiger partial charge in [0.25, 0.3) is 0 Å². The number of unbranched alkanes of at least 4 members (excludes halogenated alkanes) is 20. The maximum atomic E-state index is 12.8. The zero-order valence-corrected chi connectivity index (χ0v) is 42.2. The van der Waals surface area contributed by atoms with Crippen LogP contribution in [0.4, 0.5) is 0 Å². The van der Waals surface area contributed by atoms with Crippen molar-refractivity contribution in [3.8, 4) is 0 Å². The van der Waals surface area contributed by atoms with Crippen molar-refractivity contribution in [2.24, 2.45) is 0 Å². The lowest BCUT2D eigenvalue weighted by atomic mass is 10.0. The number of esters is 3. The Morgan fingerprint density at radius 2 is 0.600 bits per heavy atom. The molecule has 0 unspecified atom stereocenters. The van der Waals surface area contributed by atoms with Crippen molar-refractivity contribution in [3.05, 3.63) is 97.2 Å². The van der Waals surface area contributed by atoms with Gasteiger partial charge in [0.15, 0.2) is 6.10 Å². The summed E-state index contributed by atoms with van der Waals surface area (Å²) in [5, 5.41) is 0. The molecule has 0 bridgehead atoms. The normalized spacial score (nSPS) is 12.8. The fourth-order valence-electron chi connectivity index (χ4n) is 7.06. The Morgan fingerprint density at radius 1 is 0.323 bits per heavy atom. The van der Waals surface area contributed by atoms with Gasteiger partial charge in [-0.05, 0) is 103 Å². The van der Waals surface area contributed by atoms with E-state index in [1.807, 2.05) is 0 Å². The zero-order chi connectivity index (χ0) is 47.2. The third-order valence-corrected chi connectivity index (χ3v) is 11.1. The van der Waals surface area contributed by atoms with Crippen molar-refractivity contribution in [2.45, 2.75) is 245 Å². The average molecular weight is 903 g/mol. The number of hydrogen-bond acceptors (Lipinski definition) is 6. The number of hydrogen-bond donors (Lipinski definition) is 0. The molecule has 6 nitrogen and oxygen atoms in total. The van der Waals surface area contributed by atoms with Crippen LogP contribution < -0.4 is 0 Å². The molecule has 0 spiro atoms. The second kappa shape index (κ2) is 52.9. The van der Waals surface area contributed by atoms with Crippen LogP contribution in [-0.2, 0) is 28.6 Å². The van der Waals surface area contributed by atoms with Gasteiger partial charge in [-0.25, -0.2) is 0 Å². The molecule has 0 fully saturated rings. The minimum Gasteiger partial charge on any atom is -0.462 e. The van der Waals surface area contributed by atoms with Crippen LogP contribution in [0.3, 0.4) is 0 Å². The molecule has 0 N–H and O–H groups in total. The second-order valence-corrected chi connectivity index (χ2v) is 17.4. The molecule has 6 heteroatoms. The fraction of sp³-hybridized carbons (Fsp3) is 0.678. The molecule has 0 saturated carbocycles. The molecular formula is C59H98O6. The van der Waals surface area contributed by atoms with E-state index in [9.17, 15) is 14.4 Å². The van der Waals surface area contributed by atoms with Gasteiger partial charge in [0, 0.05) is 19.3 Å². The first-order valence-corrected chi connectivity index (χ1v) is 26.7. The summed E-state index contributed by atoms with van der Waals surface area (Å²) in [5.74, 6) is -0.976. The first-order valence-electron chi connectivity index (χ1n) is 26.7. The predicted octanol–water partition coefficient (Wildman–Crippen LogP) is 17.8. The molecule has 0 aliphatic heterocycles. The first-order chi connectivity index (χ1) is 32.0. The Balaban J connectivity index is 4.49. The van der Waals surface area contributed by atoms with Gasteiger partial charge in [-0.3, -0.25) is 14.4 Å². The van der Waals surface area contributed by atoms with E-state index in [2.05, 4.69) is 118 Å². The van der Waals surface area contributed by atoms with Gasteiger partial charge < -0.3 is 14.2 Å². The number of ether oxygens (including phenoxy) is 3. The monoisotopic (exact) mass is 903 g/mol. The molecule has 1 atom stereocenters. The lowest BCUT2D eigenvalue weighted by molar-refractivity contribution is -0.167. The quantitative estimate of drug-likeness (QED) is 0.0262. The molecule has 0 aromatic rings. The Hall–Kier alpha value is -3.67. The highest BCUT2D eigenvalue weighted by atomic mass is 16.6. The smallest absolute Gasteiger partial charge is 0.306 e. The summed E-state index contributed by atoms with van der Waals surface area (Å²) in [6.07, 6.45) is 69.6. The molecule has 65 heavy (non-hydrogen) atoms. The summed E-state index contributed by atoms with van der Waals surface area (Å²) < 4.78 is 16.8. The molecule has 0 radical (unpaired) electrons. The summed E-state index contributed by atoms with van der Waals surface area (Å²) in [6, 6.07) is 0. The summed E-state index contributed by atoms with van der Waals surface area (Å²) >= 11 is 0. The lowest BCUT2D eigenvalue weighted by Crippen LogP contribution is -2.30. The molecule has 0 rings (SSSR count). The molecule has 0 saturated heterocycles. The third-order valence-electron chi connectivity index (χ3n) is 11.1. The minimum absolute atomic E-state index is 0.107. The van der Waals surface area contributed by atoms with E-state index in [0.717, 1.165) is 109 Å². The Labute approximate surface area is 400 Å². The van der Waals surface area contributed by atoms with Crippen LogP contribution in [-0.4, -0.2) is 37.2 Å². The minimum atomic E-state index is -0.806. The molecule has 0 aromatic carbocycles. The Kier molecular flexibility index (Phi) is 50.0. The van der Waals surface area contributed by atoms with E-state index in [0.29, 0.717) is 19.3 Å². The van der Waals surface area contributed by atoms with Crippen LogP contribution in [0, 0.1) is 0 Å². The van der Waals surface area contributed by atoms with Crippen molar-refractivity contribution in [3.63, 3.8) is 0 Å². The van der Waals surface area contributed by atoms with E-state index in [-0.39, 0.29) is 31.1 Å². The molecule has 0 aliphatic rings. The maximum Gasteiger partial charge on any atom is 0.306 e. The molecular weight excluding hydrogens is 805 g/mol. The van der Waals surface area contributed by atoms with Gasteiger partial charge in [-0.15, -0.1) is 0 Å². The molecule has 0 heterocycles. The number of carbonyl (C=O) groups excluding carboxylic acids is 3. The summed E-state index contributed by atoms with van der Waals surface area (Å²) in [5.41, 5.74) is 0. The largest absolute Gasteiger partial charge is 0.462 e. The summed E-state index contributed by atoms with van der Waals surface area (Å²) in [7, 11) is 0. The van der Waals surface area contributed by atoms with Gasteiger partial charge >= 0.3 is 17.9 Å². The maximum absolute atomic E-state index is 12.8. The van der Waals surface area contributed by atoms with Crippen LogP contribution >= 0.6 is 0 Å². The van der Waals surface area contributed by atoms with Gasteiger partial charge in [0.2, 0.25) is 0 Å². The van der Waals surface area contributed by atoms with Crippen molar-refractivity contribution in [1.29, 1.82) is 0 Å². The molecule has 0 amide bonds. The summed E-state index contributed by atoms with van der Waals surface area (Å²) in [6.45, 7) is 6.43. The number of rotatable bonds is 47. The molecule has 0 aliphatic carbocycles. The Bertz CT molecular complexity index is 1310. The van der Waals surface area contributed by atoms with E-state index in [1.165, 1.54) is 89.9 Å². The topological polar surface area (TPSA) is 78.9 Å². The van der Waals surface area contributed by atoms with E-state index < -0.39 is 6.10 Å². The van der Waals surface area contributed by atoms with Crippen LogP contribution in [0.1, 0.15) is 239 Å². The van der Waals surface area contributed by atoms with Crippen LogP contribution in [0.15, 0.2) is 97.2 Å². The van der Waals surface area contributed by atoms with Crippen molar-refractivity contribution < 1.29 is 28.6 Å². The standard InChI is InChI=1S/C59H98O6/c1-4-7-10-13-16-19-22-25-27-28-29-30-32-35-37-40-43-46-49-52-58(61)64-55-56(65-59(62)53-50-47-44-41-38-33-24-21-18-15-12-9-6-3)54-63-57(60)51-48-45-42-39-36-34-31-26-23-20-17-14-11-8-5-2/h8,11,16-17,19-20,25-27,29-31,35-37,39,56H,4-7,9-10,12-15,18,21-24,28,32-34,38,40-55H2,1-3H3/b11-8-,19-16-,20-17-,27-25-,30-29-,31-26-,37-35-,39-36-/t56-/m1/s1. The number of allylic oxidation sites excluding steroid dienone is 16. The van der Waals surface area contributed by atoms with Gasteiger partial charge in [-0.1, -0.05) is 214 Å². The SMILES string of the molecule is CC/C=C\C/C=C\C/C=C\C/C=C\CCCCC(=O)OC[C@H](COC(=O)CCCCC/C=C\C/C=C\C/C=C\C/C=C\CCCCC)OC(=O)CCCCCCCCCCCCCCC. The van der Waals surface area contributed by atoms with Crippen molar-refractivity contribution in [2.75, 3.05) is 13.2 Å². The van der Waals surface area contributed by atoms with Gasteiger partial charge in [0.1, 0.15) is 13.2 Å². The second-order valence-electron chi connectivity index (χ2n) is 17.4. The lowest BCUT2D eigenvalue weighted by Gasteiger charge is -2.18. The van der Waals surface area contributed by atoms with Gasteiger partial charge in [-0.2, -0.15) is 0 Å². The average Bonchev–Trinajstić information content (AvgIpc) is 3.30. The highest BCUT2D eigenvalue weighted by molar-refractivity contribution is 5.71. The van der Waals surface area contributed by atoms with Crippen LogP contribution in [0.5, 0.6) is 0 Å². The Morgan fingerprint density at radius 3 is 1.00 bits per heavy atom.